The molecule has 2 heterocycles. The zero-order valence-electron chi connectivity index (χ0n) is 11.3. The molecule has 2 bridgehead atoms. The second kappa shape index (κ2) is 5.11. The van der Waals surface area contributed by atoms with Crippen molar-refractivity contribution in [2.24, 2.45) is 5.92 Å². The highest BCUT2D eigenvalue weighted by Crippen LogP contribution is 2.31. The molecule has 2 saturated heterocycles. The van der Waals surface area contributed by atoms with Crippen molar-refractivity contribution in [1.29, 1.82) is 0 Å². The summed E-state index contributed by atoms with van der Waals surface area (Å²) < 4.78 is 34.5. The molecule has 0 spiro atoms. The first kappa shape index (κ1) is 14.5. The van der Waals surface area contributed by atoms with Gasteiger partial charge in [-0.3, -0.25) is 9.35 Å². The van der Waals surface area contributed by atoms with Gasteiger partial charge in [-0.1, -0.05) is 0 Å². The van der Waals surface area contributed by atoms with Gasteiger partial charge in [0.15, 0.2) is 0 Å². The summed E-state index contributed by atoms with van der Waals surface area (Å²) in [4.78, 5) is 25.5. The molecule has 3 amide bonds. The number of rotatable bonds is 5. The average Bonchev–Trinajstić information content (AvgIpc) is 3.20. The van der Waals surface area contributed by atoms with Crippen molar-refractivity contribution in [3.8, 4) is 0 Å². The number of carbonyl (C=O) groups is 2. The number of nitrogens with zero attached hydrogens (tertiary/aromatic N) is 2. The second-order valence-corrected chi connectivity index (χ2v) is 6.70. The van der Waals surface area contributed by atoms with Gasteiger partial charge in [-0.05, 0) is 31.6 Å². The maximum Gasteiger partial charge on any atom is 0.418 e. The molecule has 3 rings (SSSR count). The largest absolute Gasteiger partial charge is 0.418 e. The van der Waals surface area contributed by atoms with Gasteiger partial charge in [0, 0.05) is 13.1 Å². The molecule has 2 N–H and O–H groups in total. The van der Waals surface area contributed by atoms with E-state index in [-0.39, 0.29) is 12.5 Å². The minimum Gasteiger partial charge on any atom is -0.354 e. The number of piperidine rings is 1. The Balaban J connectivity index is 1.65. The van der Waals surface area contributed by atoms with E-state index < -0.39 is 28.5 Å². The summed E-state index contributed by atoms with van der Waals surface area (Å²) in [5, 5.41) is 3.46. The number of urea groups is 1. The van der Waals surface area contributed by atoms with E-state index in [1.807, 2.05) is 0 Å². The van der Waals surface area contributed by atoms with Gasteiger partial charge in [0.25, 0.3) is 0 Å². The molecule has 3 fully saturated rings. The van der Waals surface area contributed by atoms with Gasteiger partial charge in [0.05, 0.1) is 6.04 Å². The molecule has 21 heavy (non-hydrogen) atoms. The SMILES string of the molecule is O=C(NCC1CC1)[C@@H]1CC[C@@H]2CN1C(=O)N2OS(=O)(=O)O. The molecule has 2 aliphatic heterocycles. The van der Waals surface area contributed by atoms with Crippen LogP contribution in [0.4, 0.5) is 4.79 Å². The molecule has 118 valence electrons. The first-order valence-electron chi connectivity index (χ1n) is 6.89. The molecule has 1 saturated carbocycles. The normalized spacial score (nSPS) is 28.9. The maximum absolute atomic E-state index is 12.1. The van der Waals surface area contributed by atoms with Crippen LogP contribution in [0.15, 0.2) is 0 Å². The summed E-state index contributed by atoms with van der Waals surface area (Å²) in [5.41, 5.74) is 0. The van der Waals surface area contributed by atoms with Crippen LogP contribution in [-0.4, -0.2) is 60.0 Å². The van der Waals surface area contributed by atoms with Crippen molar-refractivity contribution in [2.75, 3.05) is 13.1 Å². The summed E-state index contributed by atoms with van der Waals surface area (Å²) in [6.45, 7) is 0.835. The third kappa shape index (κ3) is 3.11. The van der Waals surface area contributed by atoms with Crippen LogP contribution in [0.2, 0.25) is 0 Å². The fourth-order valence-electron chi connectivity index (χ4n) is 2.79. The van der Waals surface area contributed by atoms with Crippen LogP contribution >= 0.6 is 0 Å². The fourth-order valence-corrected chi connectivity index (χ4v) is 3.18. The fraction of sp³-hybridized carbons (Fsp3) is 0.818. The van der Waals surface area contributed by atoms with E-state index in [0.717, 1.165) is 12.8 Å². The summed E-state index contributed by atoms with van der Waals surface area (Å²) >= 11 is 0. The van der Waals surface area contributed by atoms with E-state index in [1.54, 1.807) is 0 Å². The molecule has 0 aromatic rings. The van der Waals surface area contributed by atoms with E-state index in [9.17, 15) is 18.0 Å². The van der Waals surface area contributed by atoms with Crippen LogP contribution < -0.4 is 5.32 Å². The lowest BCUT2D eigenvalue weighted by molar-refractivity contribution is -0.126. The quantitative estimate of drug-likeness (QED) is 0.661. The molecule has 2 atom stereocenters. The summed E-state index contributed by atoms with van der Waals surface area (Å²) in [6.07, 6.45) is 3.12. The lowest BCUT2D eigenvalue weighted by Gasteiger charge is -2.29. The van der Waals surface area contributed by atoms with Gasteiger partial charge in [0.1, 0.15) is 6.04 Å². The van der Waals surface area contributed by atoms with E-state index in [2.05, 4.69) is 9.60 Å². The number of hydrogen-bond acceptors (Lipinski definition) is 5. The maximum atomic E-state index is 12.1. The Bertz CT molecular complexity index is 560. The van der Waals surface area contributed by atoms with E-state index in [4.69, 9.17) is 4.55 Å². The highest BCUT2D eigenvalue weighted by atomic mass is 32.3. The zero-order valence-corrected chi connectivity index (χ0v) is 12.1. The predicted molar refractivity (Wildman–Crippen MR) is 69.1 cm³/mol. The first-order valence-corrected chi connectivity index (χ1v) is 8.26. The standard InChI is InChI=1S/C11H17N3O6S/c15-10(12-5-7-1-2-7)9-4-3-8-6-13(9)11(16)14(8)20-21(17,18)19/h7-9H,1-6H2,(H,12,15)(H,17,18,19)/t8-,9+/m1/s1. The third-order valence-electron chi connectivity index (χ3n) is 4.06. The van der Waals surface area contributed by atoms with Crippen molar-refractivity contribution >= 4 is 22.3 Å². The number of hydrogen-bond donors (Lipinski definition) is 2. The molecular formula is C11H17N3O6S. The number of carbonyl (C=O) groups excluding carboxylic acids is 2. The third-order valence-corrected chi connectivity index (χ3v) is 4.41. The molecule has 0 unspecified atom stereocenters. The van der Waals surface area contributed by atoms with Gasteiger partial charge in [-0.25, -0.2) is 4.79 Å². The Morgan fingerprint density at radius 3 is 2.67 bits per heavy atom. The van der Waals surface area contributed by atoms with E-state index in [0.29, 0.717) is 30.4 Å². The van der Waals surface area contributed by atoms with Crippen molar-refractivity contribution in [3.63, 3.8) is 0 Å². The van der Waals surface area contributed by atoms with E-state index >= 15 is 0 Å². The van der Waals surface area contributed by atoms with Crippen LogP contribution in [0.1, 0.15) is 25.7 Å². The molecule has 0 aromatic heterocycles. The Morgan fingerprint density at radius 1 is 1.33 bits per heavy atom. The lowest BCUT2D eigenvalue weighted by atomic mass is 10.0. The topological polar surface area (TPSA) is 116 Å². The van der Waals surface area contributed by atoms with Gasteiger partial charge in [0.2, 0.25) is 5.91 Å². The smallest absolute Gasteiger partial charge is 0.354 e. The molecule has 3 aliphatic rings. The lowest BCUT2D eigenvalue weighted by Crippen LogP contribution is -2.50. The average molecular weight is 319 g/mol. The number of fused-ring (bicyclic) bond motifs is 2. The van der Waals surface area contributed by atoms with Crippen LogP contribution in [0.25, 0.3) is 0 Å². The first-order chi connectivity index (χ1) is 9.85. The van der Waals surface area contributed by atoms with Crippen molar-refractivity contribution < 1.29 is 26.8 Å². The highest BCUT2D eigenvalue weighted by molar-refractivity contribution is 7.80. The van der Waals surface area contributed by atoms with Gasteiger partial charge >= 0.3 is 16.4 Å². The summed E-state index contributed by atoms with van der Waals surface area (Å²) in [5.74, 6) is 0.321. The molecule has 0 aromatic carbocycles. The molecule has 9 nitrogen and oxygen atoms in total. The van der Waals surface area contributed by atoms with Crippen LogP contribution in [0.3, 0.4) is 0 Å². The van der Waals surface area contributed by atoms with Crippen molar-refractivity contribution in [3.05, 3.63) is 0 Å². The van der Waals surface area contributed by atoms with Crippen LogP contribution in [-0.2, 0) is 19.5 Å². The second-order valence-electron chi connectivity index (χ2n) is 5.70. The Morgan fingerprint density at radius 2 is 2.05 bits per heavy atom. The Labute approximate surface area is 122 Å². The van der Waals surface area contributed by atoms with Crippen molar-refractivity contribution in [2.45, 2.75) is 37.8 Å². The van der Waals surface area contributed by atoms with E-state index in [1.165, 1.54) is 4.90 Å². The Kier molecular flexibility index (Phi) is 3.54. The number of hydroxylamine groups is 2. The Hall–Kier alpha value is -1.39. The van der Waals surface area contributed by atoms with Gasteiger partial charge in [-0.2, -0.15) is 13.5 Å². The molecular weight excluding hydrogens is 302 g/mol. The molecule has 10 heteroatoms. The van der Waals surface area contributed by atoms with Gasteiger partial charge < -0.3 is 10.2 Å². The van der Waals surface area contributed by atoms with Gasteiger partial charge in [-0.15, -0.1) is 4.28 Å². The minimum atomic E-state index is -4.75. The number of amides is 3. The molecule has 0 radical (unpaired) electrons. The number of nitrogens with one attached hydrogen (secondary N) is 1. The summed E-state index contributed by atoms with van der Waals surface area (Å²) in [6, 6.07) is -1.78. The highest BCUT2D eigenvalue weighted by Gasteiger charge is 2.49. The molecule has 1 aliphatic carbocycles. The monoisotopic (exact) mass is 319 g/mol. The zero-order chi connectivity index (χ0) is 15.2. The van der Waals surface area contributed by atoms with Crippen LogP contribution in [0.5, 0.6) is 0 Å². The summed E-state index contributed by atoms with van der Waals surface area (Å²) in [7, 11) is -4.75. The van der Waals surface area contributed by atoms with Crippen LogP contribution in [0, 0.1) is 5.92 Å². The van der Waals surface area contributed by atoms with Crippen molar-refractivity contribution in [1.82, 2.24) is 15.3 Å². The predicted octanol–water partition coefficient (Wildman–Crippen LogP) is -0.484. The minimum absolute atomic E-state index is 0.218.